The average molecular weight is 246 g/mol. The standard InChI is InChI=1S/C12H22O5/c1-7-12(16-8-2,11(14-5)15-6)17-10(13)9(3)4/h11H,3,7-8H2,1-2,4-6H3. The molecule has 0 amide bonds. The molecule has 0 spiro atoms. The molecule has 0 aliphatic rings. The predicted molar refractivity (Wildman–Crippen MR) is 63.4 cm³/mol. The number of rotatable bonds is 8. The molecule has 0 heterocycles. The van der Waals surface area contributed by atoms with Gasteiger partial charge in [0.05, 0.1) is 0 Å². The average Bonchev–Trinajstić information content (AvgIpc) is 2.30. The number of carbonyl (C=O) groups is 1. The summed E-state index contributed by atoms with van der Waals surface area (Å²) in [6.07, 6.45) is -0.373. The maximum Gasteiger partial charge on any atom is 0.335 e. The highest BCUT2D eigenvalue weighted by atomic mass is 16.8. The highest BCUT2D eigenvalue weighted by Crippen LogP contribution is 2.26. The van der Waals surface area contributed by atoms with Crippen LogP contribution in [0.5, 0.6) is 0 Å². The van der Waals surface area contributed by atoms with Crippen molar-refractivity contribution in [2.75, 3.05) is 20.8 Å². The van der Waals surface area contributed by atoms with Gasteiger partial charge in [-0.3, -0.25) is 0 Å². The Morgan fingerprint density at radius 3 is 2.12 bits per heavy atom. The number of hydrogen-bond donors (Lipinski definition) is 0. The Kier molecular flexibility index (Phi) is 7.03. The fourth-order valence-electron chi connectivity index (χ4n) is 1.43. The van der Waals surface area contributed by atoms with E-state index < -0.39 is 18.0 Å². The second kappa shape index (κ2) is 7.42. The number of methoxy groups -OCH3 is 2. The Labute approximate surface area is 103 Å². The van der Waals surface area contributed by atoms with E-state index >= 15 is 0 Å². The van der Waals surface area contributed by atoms with E-state index in [0.29, 0.717) is 18.6 Å². The third-order valence-corrected chi connectivity index (χ3v) is 2.28. The van der Waals surface area contributed by atoms with Gasteiger partial charge in [-0.05, 0) is 13.8 Å². The molecule has 0 aliphatic carbocycles. The van der Waals surface area contributed by atoms with Crippen LogP contribution in [0.3, 0.4) is 0 Å². The Bertz CT molecular complexity index is 260. The van der Waals surface area contributed by atoms with Gasteiger partial charge in [-0.1, -0.05) is 13.5 Å². The highest BCUT2D eigenvalue weighted by molar-refractivity contribution is 5.87. The minimum absolute atomic E-state index is 0.300. The Hall–Kier alpha value is -0.910. The van der Waals surface area contributed by atoms with Gasteiger partial charge in [0.1, 0.15) is 0 Å². The van der Waals surface area contributed by atoms with E-state index in [1.807, 2.05) is 6.92 Å². The molecular weight excluding hydrogens is 224 g/mol. The lowest BCUT2D eigenvalue weighted by Gasteiger charge is -2.36. The van der Waals surface area contributed by atoms with Gasteiger partial charge in [0, 0.05) is 32.8 Å². The van der Waals surface area contributed by atoms with Gasteiger partial charge in [0.25, 0.3) is 5.79 Å². The molecule has 0 saturated carbocycles. The minimum Gasteiger partial charge on any atom is -0.424 e. The number of carbonyl (C=O) groups excluding carboxylic acids is 1. The van der Waals surface area contributed by atoms with Crippen molar-refractivity contribution in [2.24, 2.45) is 0 Å². The van der Waals surface area contributed by atoms with Crippen molar-refractivity contribution in [3.8, 4) is 0 Å². The first kappa shape index (κ1) is 16.1. The topological polar surface area (TPSA) is 54.0 Å². The third kappa shape index (κ3) is 4.11. The molecule has 0 aromatic carbocycles. The summed E-state index contributed by atoms with van der Waals surface area (Å²) in [6, 6.07) is 0. The molecule has 17 heavy (non-hydrogen) atoms. The van der Waals surface area contributed by atoms with E-state index in [-0.39, 0.29) is 0 Å². The van der Waals surface area contributed by atoms with Gasteiger partial charge in [0.2, 0.25) is 6.29 Å². The fraction of sp³-hybridized carbons (Fsp3) is 0.750. The van der Waals surface area contributed by atoms with E-state index in [1.165, 1.54) is 14.2 Å². The molecule has 0 N–H and O–H groups in total. The van der Waals surface area contributed by atoms with Crippen molar-refractivity contribution < 1.29 is 23.7 Å². The zero-order chi connectivity index (χ0) is 13.5. The summed E-state index contributed by atoms with van der Waals surface area (Å²) in [5.74, 6) is -1.77. The van der Waals surface area contributed by atoms with E-state index in [1.54, 1.807) is 13.8 Å². The maximum absolute atomic E-state index is 11.6. The van der Waals surface area contributed by atoms with Crippen LogP contribution in [0.2, 0.25) is 0 Å². The first-order valence-electron chi connectivity index (χ1n) is 5.55. The van der Waals surface area contributed by atoms with Gasteiger partial charge in [0.15, 0.2) is 0 Å². The first-order chi connectivity index (χ1) is 7.97. The molecule has 0 bridgehead atoms. The normalized spacial score (nSPS) is 14.5. The number of hydrogen-bond acceptors (Lipinski definition) is 5. The summed E-state index contributed by atoms with van der Waals surface area (Å²) >= 11 is 0. The van der Waals surface area contributed by atoms with Crippen LogP contribution in [0.4, 0.5) is 0 Å². The van der Waals surface area contributed by atoms with Crippen LogP contribution >= 0.6 is 0 Å². The van der Waals surface area contributed by atoms with Gasteiger partial charge in [-0.15, -0.1) is 0 Å². The highest BCUT2D eigenvalue weighted by Gasteiger charge is 2.43. The second-order valence-electron chi connectivity index (χ2n) is 3.57. The molecule has 5 nitrogen and oxygen atoms in total. The molecule has 0 radical (unpaired) electrons. The summed E-state index contributed by atoms with van der Waals surface area (Å²) in [4.78, 5) is 11.6. The number of esters is 1. The van der Waals surface area contributed by atoms with Gasteiger partial charge in [-0.2, -0.15) is 0 Å². The minimum atomic E-state index is -1.24. The lowest BCUT2D eigenvalue weighted by Crippen LogP contribution is -2.50. The fourth-order valence-corrected chi connectivity index (χ4v) is 1.43. The monoisotopic (exact) mass is 246 g/mol. The maximum atomic E-state index is 11.6. The largest absolute Gasteiger partial charge is 0.424 e. The molecule has 1 unspecified atom stereocenters. The van der Waals surface area contributed by atoms with Crippen molar-refractivity contribution in [2.45, 2.75) is 39.3 Å². The zero-order valence-electron chi connectivity index (χ0n) is 11.2. The van der Waals surface area contributed by atoms with Gasteiger partial charge >= 0.3 is 5.97 Å². The molecule has 1 atom stereocenters. The summed E-state index contributed by atoms with van der Waals surface area (Å²) in [5, 5.41) is 0. The smallest absolute Gasteiger partial charge is 0.335 e. The Morgan fingerprint density at radius 2 is 1.82 bits per heavy atom. The molecule has 0 aromatic rings. The van der Waals surface area contributed by atoms with Crippen LogP contribution in [0.25, 0.3) is 0 Å². The molecule has 5 heteroatoms. The molecule has 0 fully saturated rings. The molecule has 0 saturated heterocycles. The summed E-state index contributed by atoms with van der Waals surface area (Å²) in [5.41, 5.74) is 0.300. The molecule has 100 valence electrons. The molecule has 0 rings (SSSR count). The van der Waals surface area contributed by atoms with E-state index in [2.05, 4.69) is 6.58 Å². The lowest BCUT2D eigenvalue weighted by atomic mass is 10.2. The van der Waals surface area contributed by atoms with Crippen LogP contribution in [0, 0.1) is 0 Å². The van der Waals surface area contributed by atoms with Crippen molar-refractivity contribution in [1.29, 1.82) is 0 Å². The molecule has 0 aromatic heterocycles. The van der Waals surface area contributed by atoms with E-state index in [9.17, 15) is 4.79 Å². The van der Waals surface area contributed by atoms with Gasteiger partial charge in [-0.25, -0.2) is 4.79 Å². The van der Waals surface area contributed by atoms with Crippen LogP contribution < -0.4 is 0 Å². The summed E-state index contributed by atoms with van der Waals surface area (Å²) in [7, 11) is 2.93. The predicted octanol–water partition coefficient (Wildman–Crippen LogP) is 1.87. The second-order valence-corrected chi connectivity index (χ2v) is 3.57. The molecular formula is C12H22O5. The van der Waals surface area contributed by atoms with Crippen LogP contribution in [0.1, 0.15) is 27.2 Å². The van der Waals surface area contributed by atoms with Gasteiger partial charge < -0.3 is 18.9 Å². The van der Waals surface area contributed by atoms with E-state index in [0.717, 1.165) is 0 Å². The Morgan fingerprint density at radius 1 is 1.29 bits per heavy atom. The third-order valence-electron chi connectivity index (χ3n) is 2.28. The van der Waals surface area contributed by atoms with Crippen molar-refractivity contribution in [3.63, 3.8) is 0 Å². The van der Waals surface area contributed by atoms with Crippen molar-refractivity contribution in [1.82, 2.24) is 0 Å². The lowest BCUT2D eigenvalue weighted by molar-refractivity contribution is -0.328. The Balaban J connectivity index is 5.05. The van der Waals surface area contributed by atoms with Crippen LogP contribution in [0.15, 0.2) is 12.2 Å². The summed E-state index contributed by atoms with van der Waals surface area (Å²) < 4.78 is 21.1. The van der Waals surface area contributed by atoms with Crippen LogP contribution in [-0.2, 0) is 23.7 Å². The first-order valence-corrected chi connectivity index (χ1v) is 5.55. The SMILES string of the molecule is C=C(C)C(=O)OC(CC)(OCC)C(OC)OC. The quantitative estimate of drug-likeness (QED) is 0.372. The number of ether oxygens (including phenoxy) is 4. The van der Waals surface area contributed by atoms with Crippen LogP contribution in [-0.4, -0.2) is 38.9 Å². The molecule has 0 aliphatic heterocycles. The summed E-state index contributed by atoms with van der Waals surface area (Å²) in [6.45, 7) is 9.11. The zero-order valence-corrected chi connectivity index (χ0v) is 11.2. The van der Waals surface area contributed by atoms with Crippen molar-refractivity contribution >= 4 is 5.97 Å². The van der Waals surface area contributed by atoms with E-state index in [4.69, 9.17) is 18.9 Å². The van der Waals surface area contributed by atoms with Crippen molar-refractivity contribution in [3.05, 3.63) is 12.2 Å².